The predicted molar refractivity (Wildman–Crippen MR) is 66.4 cm³/mol. The third-order valence-corrected chi connectivity index (χ3v) is 2.74. The van der Waals surface area contributed by atoms with E-state index in [4.69, 9.17) is 34.8 Å². The Kier molecular flexibility index (Phi) is 3.24. The van der Waals surface area contributed by atoms with Crippen molar-refractivity contribution < 1.29 is 5.11 Å². The number of hydrogen-bond acceptors (Lipinski definition) is 2. The minimum atomic E-state index is 0.0375. The lowest BCUT2D eigenvalue weighted by Crippen LogP contribution is -1.83. The molecule has 0 saturated carbocycles. The van der Waals surface area contributed by atoms with Crippen LogP contribution in [0.4, 0.5) is 0 Å². The molecule has 1 aromatic carbocycles. The highest BCUT2D eigenvalue weighted by Gasteiger charge is 2.07. The van der Waals surface area contributed by atoms with Crippen LogP contribution in [0, 0.1) is 0 Å². The lowest BCUT2D eigenvalue weighted by atomic mass is 10.1. The maximum absolute atomic E-state index is 9.35. The molecule has 0 aliphatic heterocycles. The molecule has 1 N–H and O–H groups in total. The zero-order valence-electron chi connectivity index (χ0n) is 7.92. The van der Waals surface area contributed by atoms with E-state index in [9.17, 15) is 5.11 Å². The number of rotatable bonds is 1. The molecule has 2 nitrogen and oxygen atoms in total. The summed E-state index contributed by atoms with van der Waals surface area (Å²) in [6.45, 7) is 0. The standard InChI is InChI=1S/C11H6Cl3NO/c12-7-1-6(2-8(13)3-7)10-4-9(16)5-15-11(10)14/h1-5,16H. The third kappa shape index (κ3) is 2.40. The van der Waals surface area contributed by atoms with Gasteiger partial charge in [0.15, 0.2) is 0 Å². The lowest BCUT2D eigenvalue weighted by molar-refractivity contribution is 0.473. The van der Waals surface area contributed by atoms with Gasteiger partial charge in [-0.25, -0.2) is 4.98 Å². The molecule has 5 heteroatoms. The molecule has 0 aliphatic carbocycles. The number of hydrogen-bond donors (Lipinski definition) is 1. The molecule has 0 radical (unpaired) electrons. The molecule has 1 aromatic heterocycles. The highest BCUT2D eigenvalue weighted by Crippen LogP contribution is 2.32. The van der Waals surface area contributed by atoms with Crippen molar-refractivity contribution >= 4 is 34.8 Å². The van der Waals surface area contributed by atoms with Crippen molar-refractivity contribution in [1.82, 2.24) is 4.98 Å². The number of halogens is 3. The van der Waals surface area contributed by atoms with Gasteiger partial charge in [0.05, 0.1) is 6.20 Å². The van der Waals surface area contributed by atoms with E-state index in [0.717, 1.165) is 0 Å². The van der Waals surface area contributed by atoms with Crippen molar-refractivity contribution in [3.63, 3.8) is 0 Å². The monoisotopic (exact) mass is 273 g/mol. The Morgan fingerprint density at radius 3 is 2.19 bits per heavy atom. The van der Waals surface area contributed by atoms with Crippen LogP contribution in [-0.4, -0.2) is 10.1 Å². The van der Waals surface area contributed by atoms with Crippen LogP contribution in [0.5, 0.6) is 5.75 Å². The maximum Gasteiger partial charge on any atom is 0.137 e. The SMILES string of the molecule is Oc1cnc(Cl)c(-c2cc(Cl)cc(Cl)c2)c1. The second-order valence-corrected chi connectivity index (χ2v) is 4.42. The summed E-state index contributed by atoms with van der Waals surface area (Å²) in [5.41, 5.74) is 1.30. The summed E-state index contributed by atoms with van der Waals surface area (Å²) in [5, 5.41) is 10.6. The molecule has 0 atom stereocenters. The number of aromatic nitrogens is 1. The van der Waals surface area contributed by atoms with E-state index in [1.54, 1.807) is 18.2 Å². The van der Waals surface area contributed by atoms with Crippen LogP contribution in [0.3, 0.4) is 0 Å². The molecule has 0 saturated heterocycles. The second kappa shape index (κ2) is 4.50. The third-order valence-electron chi connectivity index (χ3n) is 2.00. The molecule has 0 amide bonds. The van der Waals surface area contributed by atoms with Gasteiger partial charge in [0.2, 0.25) is 0 Å². The van der Waals surface area contributed by atoms with Crippen LogP contribution in [0.1, 0.15) is 0 Å². The maximum atomic E-state index is 9.35. The fourth-order valence-corrected chi connectivity index (χ4v) is 2.09. The Morgan fingerprint density at radius 2 is 1.56 bits per heavy atom. The van der Waals surface area contributed by atoms with Crippen molar-refractivity contribution in [2.24, 2.45) is 0 Å². The topological polar surface area (TPSA) is 33.1 Å². The van der Waals surface area contributed by atoms with Gasteiger partial charge in [0.25, 0.3) is 0 Å². The average Bonchev–Trinajstić information content (AvgIpc) is 2.20. The lowest BCUT2D eigenvalue weighted by Gasteiger charge is -2.05. The first-order chi connectivity index (χ1) is 7.56. The smallest absolute Gasteiger partial charge is 0.137 e. The number of benzene rings is 1. The fourth-order valence-electron chi connectivity index (χ4n) is 1.35. The summed E-state index contributed by atoms with van der Waals surface area (Å²) in [7, 11) is 0. The Balaban J connectivity index is 2.62. The Morgan fingerprint density at radius 1 is 0.938 bits per heavy atom. The molecule has 2 rings (SSSR count). The Bertz CT molecular complexity index is 522. The minimum Gasteiger partial charge on any atom is -0.506 e. The summed E-state index contributed by atoms with van der Waals surface area (Å²) in [6, 6.07) is 6.54. The quantitative estimate of drug-likeness (QED) is 0.781. The van der Waals surface area contributed by atoms with E-state index in [2.05, 4.69) is 4.98 Å². The van der Waals surface area contributed by atoms with Crippen molar-refractivity contribution in [3.8, 4) is 16.9 Å². The van der Waals surface area contributed by atoms with Crippen molar-refractivity contribution in [1.29, 1.82) is 0 Å². The van der Waals surface area contributed by atoms with Crippen LogP contribution >= 0.6 is 34.8 Å². The van der Waals surface area contributed by atoms with Gasteiger partial charge in [0, 0.05) is 15.6 Å². The van der Waals surface area contributed by atoms with Gasteiger partial charge in [-0.15, -0.1) is 0 Å². The van der Waals surface area contributed by atoms with Crippen LogP contribution < -0.4 is 0 Å². The van der Waals surface area contributed by atoms with Gasteiger partial charge in [-0.1, -0.05) is 34.8 Å². The van der Waals surface area contributed by atoms with Crippen LogP contribution in [-0.2, 0) is 0 Å². The highest BCUT2D eigenvalue weighted by atomic mass is 35.5. The summed E-state index contributed by atoms with van der Waals surface area (Å²) >= 11 is 17.7. The summed E-state index contributed by atoms with van der Waals surface area (Å²) in [4.78, 5) is 3.84. The minimum absolute atomic E-state index is 0.0375. The largest absolute Gasteiger partial charge is 0.506 e. The Hall–Kier alpha value is -0.960. The molecule has 0 unspecified atom stereocenters. The van der Waals surface area contributed by atoms with E-state index in [-0.39, 0.29) is 10.9 Å². The molecular formula is C11H6Cl3NO. The molecular weight excluding hydrogens is 268 g/mol. The Labute approximate surface area is 107 Å². The van der Waals surface area contributed by atoms with Crippen LogP contribution in [0.15, 0.2) is 30.5 Å². The van der Waals surface area contributed by atoms with Gasteiger partial charge in [-0.2, -0.15) is 0 Å². The van der Waals surface area contributed by atoms with Gasteiger partial charge in [-0.05, 0) is 29.8 Å². The van der Waals surface area contributed by atoms with Crippen molar-refractivity contribution in [2.75, 3.05) is 0 Å². The van der Waals surface area contributed by atoms with Crippen molar-refractivity contribution in [3.05, 3.63) is 45.7 Å². The number of nitrogens with zero attached hydrogens (tertiary/aromatic N) is 1. The first-order valence-corrected chi connectivity index (χ1v) is 5.50. The van der Waals surface area contributed by atoms with Crippen molar-refractivity contribution in [2.45, 2.75) is 0 Å². The first-order valence-electron chi connectivity index (χ1n) is 4.37. The predicted octanol–water partition coefficient (Wildman–Crippen LogP) is 4.41. The summed E-state index contributed by atoms with van der Waals surface area (Å²) in [5.74, 6) is 0.0375. The fraction of sp³-hybridized carbons (Fsp3) is 0. The molecule has 16 heavy (non-hydrogen) atoms. The molecule has 0 aliphatic rings. The normalized spacial score (nSPS) is 10.4. The van der Waals surface area contributed by atoms with Gasteiger partial charge >= 0.3 is 0 Å². The van der Waals surface area contributed by atoms with Crippen LogP contribution in [0.2, 0.25) is 15.2 Å². The number of aromatic hydroxyl groups is 1. The zero-order valence-corrected chi connectivity index (χ0v) is 10.2. The van der Waals surface area contributed by atoms with E-state index in [1.807, 2.05) is 0 Å². The van der Waals surface area contributed by atoms with Crippen LogP contribution in [0.25, 0.3) is 11.1 Å². The van der Waals surface area contributed by atoms with Gasteiger partial charge < -0.3 is 5.11 Å². The average molecular weight is 275 g/mol. The molecule has 2 aromatic rings. The zero-order chi connectivity index (χ0) is 11.7. The molecule has 0 fully saturated rings. The molecule has 82 valence electrons. The first kappa shape index (κ1) is 11.5. The summed E-state index contributed by atoms with van der Waals surface area (Å²) < 4.78 is 0. The van der Waals surface area contributed by atoms with E-state index in [0.29, 0.717) is 21.2 Å². The molecule has 0 bridgehead atoms. The van der Waals surface area contributed by atoms with E-state index < -0.39 is 0 Å². The summed E-state index contributed by atoms with van der Waals surface area (Å²) in [6.07, 6.45) is 1.28. The highest BCUT2D eigenvalue weighted by molar-refractivity contribution is 6.35. The van der Waals surface area contributed by atoms with E-state index in [1.165, 1.54) is 12.3 Å². The number of pyridine rings is 1. The van der Waals surface area contributed by atoms with Gasteiger partial charge in [0.1, 0.15) is 10.9 Å². The second-order valence-electron chi connectivity index (χ2n) is 3.19. The molecule has 1 heterocycles. The molecule has 0 spiro atoms. The van der Waals surface area contributed by atoms with Gasteiger partial charge in [-0.3, -0.25) is 0 Å². The van der Waals surface area contributed by atoms with E-state index >= 15 is 0 Å².